The smallest absolute Gasteiger partial charge is 0.344 e. The van der Waals surface area contributed by atoms with Gasteiger partial charge in [-0.05, 0) is 48.9 Å². The topological polar surface area (TPSA) is 64.6 Å². The summed E-state index contributed by atoms with van der Waals surface area (Å²) in [5.41, 5.74) is 1.41. The number of hydrogen-bond acceptors (Lipinski definition) is 5. The number of ether oxygens (including phenoxy) is 2. The van der Waals surface area contributed by atoms with Crippen LogP contribution in [0.25, 0.3) is 0 Å². The number of carbonyl (C=O) groups is 2. The van der Waals surface area contributed by atoms with Crippen molar-refractivity contribution >= 4 is 29.3 Å². The maximum absolute atomic E-state index is 12.2. The molecular weight excluding hydrogens is 364 g/mol. The Hall–Kier alpha value is -2.61. The Morgan fingerprint density at radius 1 is 1.12 bits per heavy atom. The number of benzene rings is 2. The van der Waals surface area contributed by atoms with Crippen molar-refractivity contribution in [1.29, 1.82) is 0 Å². The first-order valence-corrected chi connectivity index (χ1v) is 8.50. The second kappa shape index (κ2) is 9.76. The number of hydrogen-bond donors (Lipinski definition) is 1. The third-order valence-corrected chi connectivity index (χ3v) is 3.80. The van der Waals surface area contributed by atoms with Gasteiger partial charge in [-0.3, -0.25) is 4.79 Å². The lowest BCUT2D eigenvalue weighted by atomic mass is 10.2. The maximum atomic E-state index is 12.2. The fraction of sp³-hybridized carbons (Fsp3) is 0.222. The molecule has 0 aliphatic carbocycles. The molecule has 1 N–H and O–H groups in total. The van der Waals surface area contributed by atoms with Gasteiger partial charge in [0.15, 0.2) is 13.2 Å². The average Bonchev–Trinajstić information content (AvgIpc) is 2.59. The van der Waals surface area contributed by atoms with E-state index < -0.39 is 24.2 Å². The molecular formula is C18H17F2NO4S. The van der Waals surface area contributed by atoms with Gasteiger partial charge in [-0.15, -0.1) is 0 Å². The van der Waals surface area contributed by atoms with Crippen LogP contribution in [0.2, 0.25) is 0 Å². The molecule has 1 amide bonds. The molecule has 0 bridgehead atoms. The number of amides is 1. The lowest BCUT2D eigenvalue weighted by Gasteiger charge is -2.08. The van der Waals surface area contributed by atoms with Crippen LogP contribution >= 0.6 is 11.8 Å². The zero-order valence-corrected chi connectivity index (χ0v) is 14.7. The summed E-state index contributed by atoms with van der Waals surface area (Å²) in [5, 5.41) is 2.51. The Balaban J connectivity index is 1.71. The highest BCUT2D eigenvalue weighted by Crippen LogP contribution is 2.26. The van der Waals surface area contributed by atoms with Crippen LogP contribution in [-0.4, -0.2) is 30.8 Å². The summed E-state index contributed by atoms with van der Waals surface area (Å²) in [6, 6.07) is 13.1. The first kappa shape index (κ1) is 19.7. The molecule has 0 saturated carbocycles. The number of esters is 1. The first-order chi connectivity index (χ1) is 12.4. The van der Waals surface area contributed by atoms with E-state index in [0.717, 1.165) is 5.56 Å². The van der Waals surface area contributed by atoms with E-state index in [0.29, 0.717) is 28.1 Å². The molecule has 2 rings (SSSR count). The molecule has 2 aromatic rings. The first-order valence-electron chi connectivity index (χ1n) is 7.62. The largest absolute Gasteiger partial charge is 0.482 e. The molecule has 0 heterocycles. The monoisotopic (exact) mass is 381 g/mol. The number of thioether (sulfide) groups is 1. The SMILES string of the molecule is Cc1cccc(OCC(=O)OCC(=O)Nc2ccc(SC(F)F)cc2)c1. The van der Waals surface area contributed by atoms with Crippen LogP contribution in [0.5, 0.6) is 5.75 Å². The summed E-state index contributed by atoms with van der Waals surface area (Å²) in [7, 11) is 0. The Bertz CT molecular complexity index is 753. The highest BCUT2D eigenvalue weighted by molar-refractivity contribution is 7.99. The number of rotatable bonds is 8. The highest BCUT2D eigenvalue weighted by Gasteiger charge is 2.10. The predicted molar refractivity (Wildman–Crippen MR) is 94.6 cm³/mol. The van der Waals surface area contributed by atoms with E-state index >= 15 is 0 Å². The molecule has 138 valence electrons. The molecule has 0 unspecified atom stereocenters. The fourth-order valence-electron chi connectivity index (χ4n) is 1.95. The van der Waals surface area contributed by atoms with Crippen LogP contribution in [0.15, 0.2) is 53.4 Å². The van der Waals surface area contributed by atoms with Crippen molar-refractivity contribution in [3.8, 4) is 5.75 Å². The van der Waals surface area contributed by atoms with Gasteiger partial charge in [0.1, 0.15) is 5.75 Å². The van der Waals surface area contributed by atoms with Gasteiger partial charge < -0.3 is 14.8 Å². The second-order valence-corrected chi connectivity index (χ2v) is 6.28. The van der Waals surface area contributed by atoms with Crippen molar-refractivity contribution in [1.82, 2.24) is 0 Å². The molecule has 2 aromatic carbocycles. The van der Waals surface area contributed by atoms with E-state index in [1.165, 1.54) is 24.3 Å². The number of aryl methyl sites for hydroxylation is 1. The minimum absolute atomic E-state index is 0.309. The number of carbonyl (C=O) groups excluding carboxylic acids is 2. The number of halogens is 2. The number of nitrogens with one attached hydrogen (secondary N) is 1. The second-order valence-electron chi connectivity index (χ2n) is 5.22. The molecule has 8 heteroatoms. The summed E-state index contributed by atoms with van der Waals surface area (Å²) >= 11 is 0.415. The van der Waals surface area contributed by atoms with Gasteiger partial charge in [-0.25, -0.2) is 4.79 Å². The van der Waals surface area contributed by atoms with E-state index in [2.05, 4.69) is 5.32 Å². The van der Waals surface area contributed by atoms with Gasteiger partial charge >= 0.3 is 5.97 Å². The summed E-state index contributed by atoms with van der Waals surface area (Å²) in [6.07, 6.45) is 0. The molecule has 0 fully saturated rings. The molecule has 26 heavy (non-hydrogen) atoms. The maximum Gasteiger partial charge on any atom is 0.344 e. The standard InChI is InChI=1S/C18H17F2NO4S/c1-12-3-2-4-14(9-12)24-11-17(23)25-10-16(22)21-13-5-7-15(8-6-13)26-18(19)20/h2-9,18H,10-11H2,1H3,(H,21,22). The van der Waals surface area contributed by atoms with Crippen LogP contribution in [-0.2, 0) is 14.3 Å². The van der Waals surface area contributed by atoms with Crippen molar-refractivity contribution in [3.05, 3.63) is 54.1 Å². The van der Waals surface area contributed by atoms with E-state index in [9.17, 15) is 18.4 Å². The molecule has 5 nitrogen and oxygen atoms in total. The average molecular weight is 381 g/mol. The molecule has 0 atom stereocenters. The fourth-order valence-corrected chi connectivity index (χ4v) is 2.45. The molecule has 0 saturated heterocycles. The van der Waals surface area contributed by atoms with Crippen molar-refractivity contribution in [2.75, 3.05) is 18.5 Å². The molecule has 0 spiro atoms. The van der Waals surface area contributed by atoms with Gasteiger partial charge in [0.25, 0.3) is 11.7 Å². The van der Waals surface area contributed by atoms with Crippen molar-refractivity contribution in [2.45, 2.75) is 17.6 Å². The lowest BCUT2D eigenvalue weighted by molar-refractivity contribution is -0.149. The summed E-state index contributed by atoms with van der Waals surface area (Å²) in [5.74, 6) is -3.18. The number of alkyl halides is 2. The minimum atomic E-state index is -2.50. The molecule has 0 radical (unpaired) electrons. The Morgan fingerprint density at radius 2 is 1.85 bits per heavy atom. The van der Waals surface area contributed by atoms with Crippen LogP contribution in [0.3, 0.4) is 0 Å². The lowest BCUT2D eigenvalue weighted by Crippen LogP contribution is -2.23. The quantitative estimate of drug-likeness (QED) is 0.556. The van der Waals surface area contributed by atoms with Crippen molar-refractivity contribution < 1.29 is 27.8 Å². The third kappa shape index (κ3) is 7.10. The van der Waals surface area contributed by atoms with Gasteiger partial charge in [-0.2, -0.15) is 8.78 Å². The highest BCUT2D eigenvalue weighted by atomic mass is 32.2. The van der Waals surface area contributed by atoms with Gasteiger partial charge in [0, 0.05) is 10.6 Å². The van der Waals surface area contributed by atoms with E-state index in [1.807, 2.05) is 13.0 Å². The van der Waals surface area contributed by atoms with Gasteiger partial charge in [0.05, 0.1) is 0 Å². The Labute approximate surface area is 153 Å². The van der Waals surface area contributed by atoms with E-state index in [1.54, 1.807) is 18.2 Å². The summed E-state index contributed by atoms with van der Waals surface area (Å²) < 4.78 is 34.6. The van der Waals surface area contributed by atoms with Crippen molar-refractivity contribution in [3.63, 3.8) is 0 Å². The van der Waals surface area contributed by atoms with Gasteiger partial charge in [0.2, 0.25) is 0 Å². The van der Waals surface area contributed by atoms with Crippen LogP contribution in [0, 0.1) is 6.92 Å². The molecule has 0 aliphatic rings. The van der Waals surface area contributed by atoms with Crippen LogP contribution in [0.4, 0.5) is 14.5 Å². The van der Waals surface area contributed by atoms with Gasteiger partial charge in [-0.1, -0.05) is 23.9 Å². The Morgan fingerprint density at radius 3 is 2.50 bits per heavy atom. The number of anilines is 1. The van der Waals surface area contributed by atoms with Crippen LogP contribution in [0.1, 0.15) is 5.56 Å². The minimum Gasteiger partial charge on any atom is -0.482 e. The zero-order chi connectivity index (χ0) is 18.9. The third-order valence-electron chi connectivity index (χ3n) is 3.07. The van der Waals surface area contributed by atoms with Crippen molar-refractivity contribution in [2.24, 2.45) is 0 Å². The summed E-state index contributed by atoms with van der Waals surface area (Å²) in [6.45, 7) is 1.12. The predicted octanol–water partition coefficient (Wildman–Crippen LogP) is 3.87. The van der Waals surface area contributed by atoms with E-state index in [-0.39, 0.29) is 6.61 Å². The zero-order valence-electron chi connectivity index (χ0n) is 13.9. The van der Waals surface area contributed by atoms with Crippen LogP contribution < -0.4 is 10.1 Å². The normalized spacial score (nSPS) is 10.5. The summed E-state index contributed by atoms with van der Waals surface area (Å²) in [4.78, 5) is 23.7. The Kier molecular flexibility index (Phi) is 7.40. The molecule has 0 aromatic heterocycles. The molecule has 0 aliphatic heterocycles. The van der Waals surface area contributed by atoms with E-state index in [4.69, 9.17) is 9.47 Å².